The van der Waals surface area contributed by atoms with Gasteiger partial charge in [-0.25, -0.2) is 15.1 Å². The van der Waals surface area contributed by atoms with Gasteiger partial charge in [0.1, 0.15) is 11.7 Å². The first-order valence-electron chi connectivity index (χ1n) is 5.19. The van der Waals surface area contributed by atoms with Crippen molar-refractivity contribution in [1.29, 1.82) is 0 Å². The summed E-state index contributed by atoms with van der Waals surface area (Å²) in [6.07, 6.45) is 3.27. The van der Waals surface area contributed by atoms with Crippen molar-refractivity contribution in [1.82, 2.24) is 9.99 Å². The van der Waals surface area contributed by atoms with Crippen molar-refractivity contribution in [3.05, 3.63) is 39.2 Å². The SMILES string of the molecule is CCN=C(SC)N(Cc1ccc(Cl)nc1)[N+](=O)[O-]. The predicted molar refractivity (Wildman–Crippen MR) is 73.3 cm³/mol. The van der Waals surface area contributed by atoms with Crippen molar-refractivity contribution >= 4 is 28.5 Å². The van der Waals surface area contributed by atoms with Gasteiger partial charge in [0.25, 0.3) is 0 Å². The predicted octanol–water partition coefficient (Wildman–Crippen LogP) is 2.47. The van der Waals surface area contributed by atoms with Crippen molar-refractivity contribution in [2.75, 3.05) is 12.8 Å². The lowest BCUT2D eigenvalue weighted by Gasteiger charge is -2.14. The molecule has 0 atom stereocenters. The number of amidine groups is 1. The molecule has 1 rings (SSSR count). The van der Waals surface area contributed by atoms with E-state index in [-0.39, 0.29) is 6.54 Å². The molecule has 0 aliphatic rings. The molecule has 0 N–H and O–H groups in total. The van der Waals surface area contributed by atoms with Gasteiger partial charge in [-0.2, -0.15) is 0 Å². The smallest absolute Gasteiger partial charge is 0.223 e. The van der Waals surface area contributed by atoms with Crippen LogP contribution in [0.3, 0.4) is 0 Å². The normalized spacial score (nSPS) is 11.4. The third-order valence-corrected chi connectivity index (χ3v) is 2.94. The summed E-state index contributed by atoms with van der Waals surface area (Å²) >= 11 is 6.91. The average Bonchev–Trinajstić information content (AvgIpc) is 2.35. The molecule has 0 fully saturated rings. The standard InChI is InChI=1S/C10H13ClN4O2S/c1-3-12-10(18-2)14(15(16)17)7-8-4-5-9(11)13-6-8/h4-6H,3,7H2,1-2H3. The topological polar surface area (TPSA) is 71.6 Å². The molecule has 6 nitrogen and oxygen atoms in total. The summed E-state index contributed by atoms with van der Waals surface area (Å²) in [5, 5.41) is 12.3. The molecule has 98 valence electrons. The van der Waals surface area contributed by atoms with Gasteiger partial charge in [-0.05, 0) is 24.8 Å². The van der Waals surface area contributed by atoms with E-state index in [2.05, 4.69) is 9.98 Å². The van der Waals surface area contributed by atoms with Gasteiger partial charge in [-0.15, -0.1) is 0 Å². The molecular weight excluding hydrogens is 276 g/mol. The Hall–Kier alpha value is -1.34. The van der Waals surface area contributed by atoms with Gasteiger partial charge in [-0.1, -0.05) is 34.4 Å². The maximum absolute atomic E-state index is 11.0. The number of halogens is 1. The molecule has 0 unspecified atom stereocenters. The number of aromatic nitrogens is 1. The Labute approximate surface area is 114 Å². The summed E-state index contributed by atoms with van der Waals surface area (Å²) in [6.45, 7) is 2.44. The van der Waals surface area contributed by atoms with E-state index in [1.807, 2.05) is 6.92 Å². The van der Waals surface area contributed by atoms with Gasteiger partial charge in [0.15, 0.2) is 5.03 Å². The van der Waals surface area contributed by atoms with Crippen LogP contribution in [0.1, 0.15) is 12.5 Å². The Kier molecular flexibility index (Phi) is 5.87. The van der Waals surface area contributed by atoms with Crippen LogP contribution in [0.15, 0.2) is 23.3 Å². The summed E-state index contributed by atoms with van der Waals surface area (Å²) in [7, 11) is 0. The van der Waals surface area contributed by atoms with Gasteiger partial charge >= 0.3 is 0 Å². The number of thioether (sulfide) groups is 1. The molecule has 0 spiro atoms. The molecule has 0 aromatic carbocycles. The summed E-state index contributed by atoms with van der Waals surface area (Å²) < 4.78 is 0. The molecule has 0 amide bonds. The molecule has 1 aromatic rings. The molecule has 0 bridgehead atoms. The fourth-order valence-corrected chi connectivity index (χ4v) is 1.97. The molecular formula is C10H13ClN4O2S. The minimum atomic E-state index is -0.473. The number of hydrogen-bond donors (Lipinski definition) is 0. The van der Waals surface area contributed by atoms with Gasteiger partial charge in [-0.3, -0.25) is 4.99 Å². The zero-order valence-corrected chi connectivity index (χ0v) is 11.6. The minimum Gasteiger partial charge on any atom is -0.258 e. The van der Waals surface area contributed by atoms with Crippen LogP contribution < -0.4 is 0 Å². The fourth-order valence-electron chi connectivity index (χ4n) is 1.25. The molecule has 8 heteroatoms. The summed E-state index contributed by atoms with van der Waals surface area (Å²) in [5.74, 6) is 0. The molecule has 1 heterocycles. The van der Waals surface area contributed by atoms with Crippen LogP contribution in [0.5, 0.6) is 0 Å². The maximum atomic E-state index is 11.0. The monoisotopic (exact) mass is 288 g/mol. The molecule has 0 saturated heterocycles. The third kappa shape index (κ3) is 4.15. The molecule has 0 aliphatic carbocycles. The van der Waals surface area contributed by atoms with Crippen molar-refractivity contribution in [2.45, 2.75) is 13.5 Å². The fraction of sp³-hybridized carbons (Fsp3) is 0.400. The summed E-state index contributed by atoms with van der Waals surface area (Å²) in [4.78, 5) is 19.0. The van der Waals surface area contributed by atoms with E-state index >= 15 is 0 Å². The second-order valence-corrected chi connectivity index (χ2v) is 4.41. The highest BCUT2D eigenvalue weighted by Crippen LogP contribution is 2.12. The van der Waals surface area contributed by atoms with E-state index in [9.17, 15) is 10.1 Å². The minimum absolute atomic E-state index is 0.108. The van der Waals surface area contributed by atoms with Crippen LogP contribution in [0, 0.1) is 10.1 Å². The Balaban J connectivity index is 2.90. The Morgan fingerprint density at radius 3 is 2.83 bits per heavy atom. The van der Waals surface area contributed by atoms with Crippen molar-refractivity contribution < 1.29 is 5.03 Å². The van der Waals surface area contributed by atoms with E-state index in [4.69, 9.17) is 11.6 Å². The lowest BCUT2D eigenvalue weighted by molar-refractivity contribution is -0.631. The van der Waals surface area contributed by atoms with Crippen LogP contribution in [0.2, 0.25) is 5.15 Å². The zero-order chi connectivity index (χ0) is 13.5. The van der Waals surface area contributed by atoms with E-state index in [1.54, 1.807) is 18.4 Å². The Bertz CT molecular complexity index is 438. The molecule has 18 heavy (non-hydrogen) atoms. The van der Waals surface area contributed by atoms with Crippen LogP contribution in [0.4, 0.5) is 0 Å². The number of hydrazine groups is 1. The average molecular weight is 289 g/mol. The van der Waals surface area contributed by atoms with Gasteiger partial charge < -0.3 is 0 Å². The van der Waals surface area contributed by atoms with Crippen LogP contribution in [-0.2, 0) is 6.54 Å². The van der Waals surface area contributed by atoms with Crippen LogP contribution in [-0.4, -0.2) is 33.0 Å². The third-order valence-electron chi connectivity index (χ3n) is 2.01. The number of nitro groups is 1. The van der Waals surface area contributed by atoms with E-state index < -0.39 is 5.03 Å². The second kappa shape index (κ2) is 7.17. The Morgan fingerprint density at radius 1 is 1.67 bits per heavy atom. The van der Waals surface area contributed by atoms with Crippen LogP contribution in [0.25, 0.3) is 0 Å². The van der Waals surface area contributed by atoms with Crippen molar-refractivity contribution in [2.24, 2.45) is 4.99 Å². The van der Waals surface area contributed by atoms with Gasteiger partial charge in [0.05, 0.1) is 0 Å². The maximum Gasteiger partial charge on any atom is 0.223 e. The van der Waals surface area contributed by atoms with Crippen LogP contribution >= 0.6 is 23.4 Å². The molecule has 0 aliphatic heterocycles. The highest BCUT2D eigenvalue weighted by Gasteiger charge is 2.21. The number of pyridine rings is 1. The highest BCUT2D eigenvalue weighted by molar-refractivity contribution is 8.13. The highest BCUT2D eigenvalue weighted by atomic mass is 35.5. The number of rotatable bonds is 4. The number of aliphatic imine (C=N–C) groups is 1. The second-order valence-electron chi connectivity index (χ2n) is 3.25. The van der Waals surface area contributed by atoms with E-state index in [1.165, 1.54) is 18.0 Å². The van der Waals surface area contributed by atoms with E-state index in [0.29, 0.717) is 22.4 Å². The van der Waals surface area contributed by atoms with Crippen molar-refractivity contribution in [3.63, 3.8) is 0 Å². The summed E-state index contributed by atoms with van der Waals surface area (Å²) in [6, 6.07) is 3.31. The first-order valence-corrected chi connectivity index (χ1v) is 6.79. The number of nitrogens with zero attached hydrogens (tertiary/aromatic N) is 4. The molecule has 1 aromatic heterocycles. The van der Waals surface area contributed by atoms with E-state index in [0.717, 1.165) is 5.01 Å². The number of hydrogen-bond acceptors (Lipinski definition) is 5. The largest absolute Gasteiger partial charge is 0.258 e. The molecule has 0 saturated carbocycles. The first-order chi connectivity index (χ1) is 8.58. The Morgan fingerprint density at radius 2 is 2.39 bits per heavy atom. The van der Waals surface area contributed by atoms with Gasteiger partial charge in [0.2, 0.25) is 5.17 Å². The lowest BCUT2D eigenvalue weighted by atomic mass is 10.3. The van der Waals surface area contributed by atoms with Crippen molar-refractivity contribution in [3.8, 4) is 0 Å². The first kappa shape index (κ1) is 14.7. The molecule has 0 radical (unpaired) electrons. The summed E-state index contributed by atoms with van der Waals surface area (Å²) in [5.41, 5.74) is 0.703. The quantitative estimate of drug-likeness (QED) is 0.280. The van der Waals surface area contributed by atoms with Gasteiger partial charge in [0, 0.05) is 12.7 Å². The zero-order valence-electron chi connectivity index (χ0n) is 10.0. The lowest BCUT2D eigenvalue weighted by Crippen LogP contribution is -2.34.